The zero-order valence-corrected chi connectivity index (χ0v) is 6.67. The van der Waals surface area contributed by atoms with Gasteiger partial charge in [-0.25, -0.2) is 4.79 Å². The number of imide groups is 1. The molecule has 0 saturated carbocycles. The zero-order chi connectivity index (χ0) is 8.97. The van der Waals surface area contributed by atoms with Crippen LogP contribution in [0.25, 0.3) is 0 Å². The fraction of sp³-hybridized carbons (Fsp3) is 0.714. The summed E-state index contributed by atoms with van der Waals surface area (Å²) < 4.78 is 0. The van der Waals surface area contributed by atoms with Crippen molar-refractivity contribution in [3.8, 4) is 0 Å². The maximum Gasteiger partial charge on any atom is 0.411 e. The highest BCUT2D eigenvalue weighted by Gasteiger charge is 2.21. The van der Waals surface area contributed by atoms with Gasteiger partial charge in [-0.2, -0.15) is 0 Å². The van der Waals surface area contributed by atoms with E-state index in [0.717, 1.165) is 19.4 Å². The summed E-state index contributed by atoms with van der Waals surface area (Å²) in [4.78, 5) is 21.2. The van der Waals surface area contributed by atoms with E-state index in [2.05, 4.69) is 5.32 Å². The van der Waals surface area contributed by atoms with Crippen molar-refractivity contribution >= 4 is 12.0 Å². The van der Waals surface area contributed by atoms with Gasteiger partial charge >= 0.3 is 6.09 Å². The number of rotatable bonds is 1. The Hall–Kier alpha value is -1.10. The molecule has 3 N–H and O–H groups in total. The summed E-state index contributed by atoms with van der Waals surface area (Å²) in [6, 6.07) is 0. The topological polar surface area (TPSA) is 78.4 Å². The first-order valence-corrected chi connectivity index (χ1v) is 3.94. The van der Waals surface area contributed by atoms with Gasteiger partial charge in [-0.15, -0.1) is 0 Å². The second-order valence-electron chi connectivity index (χ2n) is 2.84. The highest BCUT2D eigenvalue weighted by atomic mass is 16.4. The third kappa shape index (κ3) is 2.50. The monoisotopic (exact) mass is 172 g/mol. The first-order valence-electron chi connectivity index (χ1n) is 3.94. The number of nitrogens with one attached hydrogen (secondary N) is 2. The fourth-order valence-corrected chi connectivity index (χ4v) is 1.28. The van der Waals surface area contributed by atoms with Gasteiger partial charge in [-0.1, -0.05) is 0 Å². The van der Waals surface area contributed by atoms with Crippen LogP contribution in [0.1, 0.15) is 12.8 Å². The molecule has 5 nitrogen and oxygen atoms in total. The Morgan fingerprint density at radius 1 is 1.50 bits per heavy atom. The Morgan fingerprint density at radius 2 is 2.25 bits per heavy atom. The number of carbonyl (C=O) groups is 2. The van der Waals surface area contributed by atoms with E-state index in [1.54, 1.807) is 0 Å². The van der Waals surface area contributed by atoms with Gasteiger partial charge in [-0.05, 0) is 19.4 Å². The van der Waals surface area contributed by atoms with Gasteiger partial charge in [0.1, 0.15) is 0 Å². The molecular weight excluding hydrogens is 160 g/mol. The third-order valence-corrected chi connectivity index (χ3v) is 1.90. The standard InChI is InChI=1S/C7H12N2O3/c10-6(9-7(11)12)5-2-1-3-8-4-5/h5,8H,1-4H2,(H,9,10)(H,11,12). The third-order valence-electron chi connectivity index (χ3n) is 1.90. The second kappa shape index (κ2) is 4.06. The molecular formula is C7H12N2O3. The van der Waals surface area contributed by atoms with Crippen molar-refractivity contribution in [3.63, 3.8) is 0 Å². The minimum atomic E-state index is -1.27. The molecule has 1 unspecified atom stereocenters. The van der Waals surface area contributed by atoms with E-state index < -0.39 is 12.0 Å². The summed E-state index contributed by atoms with van der Waals surface area (Å²) in [7, 11) is 0. The lowest BCUT2D eigenvalue weighted by Crippen LogP contribution is -2.42. The summed E-state index contributed by atoms with van der Waals surface area (Å²) in [5, 5.41) is 13.1. The summed E-state index contributed by atoms with van der Waals surface area (Å²) >= 11 is 0. The van der Waals surface area contributed by atoms with E-state index in [-0.39, 0.29) is 5.92 Å². The zero-order valence-electron chi connectivity index (χ0n) is 6.67. The fourth-order valence-electron chi connectivity index (χ4n) is 1.28. The molecule has 0 aliphatic carbocycles. The van der Waals surface area contributed by atoms with E-state index in [0.29, 0.717) is 6.54 Å². The molecule has 12 heavy (non-hydrogen) atoms. The average Bonchev–Trinajstić information content (AvgIpc) is 2.05. The lowest BCUT2D eigenvalue weighted by Gasteiger charge is -2.20. The second-order valence-corrected chi connectivity index (χ2v) is 2.84. The smallest absolute Gasteiger partial charge is 0.411 e. The van der Waals surface area contributed by atoms with Crippen molar-refractivity contribution in [1.82, 2.24) is 10.6 Å². The van der Waals surface area contributed by atoms with Crippen molar-refractivity contribution in [2.24, 2.45) is 5.92 Å². The van der Waals surface area contributed by atoms with Crippen molar-refractivity contribution in [1.29, 1.82) is 0 Å². The average molecular weight is 172 g/mol. The van der Waals surface area contributed by atoms with Crippen LogP contribution in [0.4, 0.5) is 4.79 Å². The molecule has 1 aliphatic rings. The summed E-state index contributed by atoms with van der Waals surface area (Å²) in [5.74, 6) is -0.579. The number of hydrogen-bond donors (Lipinski definition) is 3. The maximum absolute atomic E-state index is 11.1. The molecule has 1 rings (SSSR count). The van der Waals surface area contributed by atoms with Crippen LogP contribution in [-0.4, -0.2) is 30.2 Å². The summed E-state index contributed by atoms with van der Waals surface area (Å²) in [6.45, 7) is 1.50. The van der Waals surface area contributed by atoms with Crippen LogP contribution in [0.5, 0.6) is 0 Å². The van der Waals surface area contributed by atoms with Crippen LogP contribution in [-0.2, 0) is 4.79 Å². The molecule has 0 aromatic rings. The summed E-state index contributed by atoms with van der Waals surface area (Å²) in [5.41, 5.74) is 0. The SMILES string of the molecule is O=C(O)NC(=O)C1CCCNC1. The Labute approximate surface area is 70.1 Å². The van der Waals surface area contributed by atoms with E-state index in [1.807, 2.05) is 5.32 Å². The molecule has 0 radical (unpaired) electrons. The van der Waals surface area contributed by atoms with Crippen molar-refractivity contribution in [2.75, 3.05) is 13.1 Å². The van der Waals surface area contributed by atoms with Gasteiger partial charge in [-0.3, -0.25) is 10.1 Å². The van der Waals surface area contributed by atoms with Crippen LogP contribution in [0.15, 0.2) is 0 Å². The van der Waals surface area contributed by atoms with Gasteiger partial charge in [0, 0.05) is 6.54 Å². The predicted molar refractivity (Wildman–Crippen MR) is 41.8 cm³/mol. The van der Waals surface area contributed by atoms with E-state index in [4.69, 9.17) is 5.11 Å². The van der Waals surface area contributed by atoms with Crippen LogP contribution in [0.3, 0.4) is 0 Å². The van der Waals surface area contributed by atoms with Crippen molar-refractivity contribution in [2.45, 2.75) is 12.8 Å². The molecule has 1 aliphatic heterocycles. The van der Waals surface area contributed by atoms with Gasteiger partial charge in [0.15, 0.2) is 0 Å². The molecule has 5 heteroatoms. The quantitative estimate of drug-likeness (QED) is 0.511. The Morgan fingerprint density at radius 3 is 2.75 bits per heavy atom. The molecule has 0 spiro atoms. The molecule has 1 atom stereocenters. The highest BCUT2D eigenvalue weighted by Crippen LogP contribution is 2.09. The number of carboxylic acid groups (broad SMARTS) is 1. The van der Waals surface area contributed by atoms with Gasteiger partial charge in [0.2, 0.25) is 5.91 Å². The lowest BCUT2D eigenvalue weighted by atomic mass is 9.99. The van der Waals surface area contributed by atoms with Gasteiger partial charge in [0.05, 0.1) is 5.92 Å². The van der Waals surface area contributed by atoms with Crippen LogP contribution in [0.2, 0.25) is 0 Å². The number of hydrogen-bond acceptors (Lipinski definition) is 3. The minimum absolute atomic E-state index is 0.185. The molecule has 0 aromatic heterocycles. The van der Waals surface area contributed by atoms with Crippen LogP contribution < -0.4 is 10.6 Å². The van der Waals surface area contributed by atoms with Crippen molar-refractivity contribution in [3.05, 3.63) is 0 Å². The summed E-state index contributed by atoms with van der Waals surface area (Å²) in [6.07, 6.45) is 0.426. The normalized spacial score (nSPS) is 23.2. The molecule has 1 saturated heterocycles. The first kappa shape index (κ1) is 8.99. The Balaban J connectivity index is 2.34. The number of carbonyl (C=O) groups excluding carboxylic acids is 1. The molecule has 2 amide bonds. The first-order chi connectivity index (χ1) is 5.70. The van der Waals surface area contributed by atoms with E-state index >= 15 is 0 Å². The largest absolute Gasteiger partial charge is 0.465 e. The molecule has 0 aromatic carbocycles. The Kier molecular flexibility index (Phi) is 3.04. The number of amides is 2. The number of piperidine rings is 1. The predicted octanol–water partition coefficient (Wildman–Crippen LogP) is -0.220. The van der Waals surface area contributed by atoms with Gasteiger partial charge < -0.3 is 10.4 Å². The highest BCUT2D eigenvalue weighted by molar-refractivity contribution is 5.92. The molecule has 0 bridgehead atoms. The molecule has 68 valence electrons. The van der Waals surface area contributed by atoms with Crippen molar-refractivity contribution < 1.29 is 14.7 Å². The van der Waals surface area contributed by atoms with Crippen LogP contribution >= 0.6 is 0 Å². The lowest BCUT2D eigenvalue weighted by molar-refractivity contribution is -0.124. The maximum atomic E-state index is 11.1. The van der Waals surface area contributed by atoms with Gasteiger partial charge in [0.25, 0.3) is 0 Å². The minimum Gasteiger partial charge on any atom is -0.465 e. The molecule has 1 fully saturated rings. The molecule has 1 heterocycles. The van der Waals surface area contributed by atoms with Crippen LogP contribution in [0, 0.1) is 5.92 Å². The van der Waals surface area contributed by atoms with E-state index in [1.165, 1.54) is 0 Å². The Bertz CT molecular complexity index is 187. The van der Waals surface area contributed by atoms with E-state index in [9.17, 15) is 9.59 Å².